The van der Waals surface area contributed by atoms with E-state index < -0.39 is 83.5 Å². The molecule has 18 nitrogen and oxygen atoms in total. The summed E-state index contributed by atoms with van der Waals surface area (Å²) in [5.41, 5.74) is 9.83. The van der Waals surface area contributed by atoms with E-state index in [1.165, 1.54) is 55.7 Å². The Morgan fingerprint density at radius 1 is 0.787 bits per heavy atom. The number of carbonyl (C=O) groups is 9. The maximum Gasteiger partial charge on any atom is 0.355 e. The first-order valence-electron chi connectivity index (χ1n) is 21.0. The van der Waals surface area contributed by atoms with Crippen LogP contribution in [0.4, 0.5) is 0 Å². The number of carbonyl (C=O) groups excluding carboxylic acids is 8. The predicted octanol–water partition coefficient (Wildman–Crippen LogP) is 3.71. The molecule has 1 aliphatic carbocycles. The van der Waals surface area contributed by atoms with Crippen molar-refractivity contribution in [2.24, 2.45) is 11.5 Å². The summed E-state index contributed by atoms with van der Waals surface area (Å²) >= 11 is 2.01. The highest BCUT2D eigenvalue weighted by molar-refractivity contribution is 7.10. The number of nitrogens with zero attached hydrogens (tertiary/aromatic N) is 2. The maximum atomic E-state index is 13.0. The molecule has 1 unspecified atom stereocenters. The lowest BCUT2D eigenvalue weighted by molar-refractivity contribution is -0.135. The first-order valence-corrected chi connectivity index (χ1v) is 22.7. The summed E-state index contributed by atoms with van der Waals surface area (Å²) in [5, 5.41) is 22.7. The Balaban J connectivity index is 1.33. The van der Waals surface area contributed by atoms with Crippen LogP contribution in [-0.4, -0.2) is 85.6 Å². The van der Waals surface area contributed by atoms with Crippen LogP contribution in [0.5, 0.6) is 0 Å². The minimum atomic E-state index is -1.25. The Bertz CT molecular complexity index is 1860. The van der Waals surface area contributed by atoms with Gasteiger partial charge in [-0.25, -0.2) is 14.8 Å². The number of rotatable bonds is 32. The minimum absolute atomic E-state index is 0.0116. The zero-order chi connectivity index (χ0) is 45.0. The van der Waals surface area contributed by atoms with Crippen LogP contribution >= 0.6 is 22.7 Å². The zero-order valence-corrected chi connectivity index (χ0v) is 36.6. The van der Waals surface area contributed by atoms with Gasteiger partial charge in [0.15, 0.2) is 11.5 Å². The third-order valence-corrected chi connectivity index (χ3v) is 12.0. The van der Waals surface area contributed by atoms with Crippen LogP contribution in [0.3, 0.4) is 0 Å². The van der Waals surface area contributed by atoms with Gasteiger partial charge in [-0.15, -0.1) is 22.7 Å². The number of carboxylic acids is 1. The summed E-state index contributed by atoms with van der Waals surface area (Å²) < 4.78 is 0. The molecule has 0 saturated heterocycles. The molecular formula is C41H60N8O10S2. The molecule has 0 aliphatic heterocycles. The Hall–Kier alpha value is -4.95. The number of carboxylic acid groups (broad SMARTS) is 1. The van der Waals surface area contributed by atoms with Crippen molar-refractivity contribution >= 4 is 75.5 Å². The second kappa shape index (κ2) is 25.7. The maximum absolute atomic E-state index is 13.0. The molecule has 3 rings (SSSR count). The molecule has 61 heavy (non-hydrogen) atoms. The van der Waals surface area contributed by atoms with Gasteiger partial charge >= 0.3 is 5.97 Å². The zero-order valence-electron chi connectivity index (χ0n) is 35.0. The van der Waals surface area contributed by atoms with Gasteiger partial charge in [0.25, 0.3) is 0 Å². The molecule has 0 spiro atoms. The van der Waals surface area contributed by atoms with E-state index in [4.69, 9.17) is 16.6 Å². The first-order chi connectivity index (χ1) is 29.0. The molecule has 1 fully saturated rings. The largest absolute Gasteiger partial charge is 0.476 e. The minimum Gasteiger partial charge on any atom is -0.476 e. The third-order valence-electron chi connectivity index (χ3n) is 10.2. The van der Waals surface area contributed by atoms with Crippen molar-refractivity contribution in [1.29, 1.82) is 0 Å². The van der Waals surface area contributed by atoms with Gasteiger partial charge in [0, 0.05) is 29.6 Å². The number of aromatic carboxylic acids is 1. The Labute approximate surface area is 363 Å². The van der Waals surface area contributed by atoms with Crippen molar-refractivity contribution < 1.29 is 48.3 Å². The van der Waals surface area contributed by atoms with Crippen molar-refractivity contribution in [1.82, 2.24) is 31.2 Å². The second-order valence-corrected chi connectivity index (χ2v) is 17.4. The van der Waals surface area contributed by atoms with Gasteiger partial charge < -0.3 is 37.8 Å². The summed E-state index contributed by atoms with van der Waals surface area (Å²) in [6, 6.07) is -2.93. The Kier molecular flexibility index (Phi) is 21.3. The number of amides is 5. The molecule has 1 saturated carbocycles. The van der Waals surface area contributed by atoms with E-state index in [-0.39, 0.29) is 54.5 Å². The molecule has 2 heterocycles. The van der Waals surface area contributed by atoms with Gasteiger partial charge in [-0.1, -0.05) is 71.1 Å². The molecule has 2 aromatic rings. The number of hydrogen-bond acceptors (Lipinski definition) is 14. The third kappa shape index (κ3) is 18.3. The second-order valence-electron chi connectivity index (χ2n) is 15.6. The summed E-state index contributed by atoms with van der Waals surface area (Å²) in [5.74, 6) is -5.83. The monoisotopic (exact) mass is 888 g/mol. The highest BCUT2D eigenvalue weighted by Crippen LogP contribution is 2.37. The van der Waals surface area contributed by atoms with Crippen LogP contribution in [0.15, 0.2) is 10.8 Å². The molecule has 5 amide bonds. The van der Waals surface area contributed by atoms with Gasteiger partial charge in [0.1, 0.15) is 33.6 Å². The molecule has 2 aromatic heterocycles. The van der Waals surface area contributed by atoms with Crippen LogP contribution in [0, 0.1) is 0 Å². The fourth-order valence-corrected chi connectivity index (χ4v) is 7.97. The summed E-state index contributed by atoms with van der Waals surface area (Å²) in [6.45, 7) is 3.76. The lowest BCUT2D eigenvalue weighted by atomic mass is 10.0. The van der Waals surface area contributed by atoms with Crippen molar-refractivity contribution in [3.63, 3.8) is 0 Å². The van der Waals surface area contributed by atoms with E-state index in [1.807, 2.05) is 0 Å². The average molecular weight is 889 g/mol. The van der Waals surface area contributed by atoms with E-state index in [9.17, 15) is 43.2 Å². The molecule has 9 N–H and O–H groups in total. The smallest absolute Gasteiger partial charge is 0.355 e. The van der Waals surface area contributed by atoms with Crippen LogP contribution < -0.4 is 32.7 Å². The predicted molar refractivity (Wildman–Crippen MR) is 227 cm³/mol. The van der Waals surface area contributed by atoms with Gasteiger partial charge in [-0.3, -0.25) is 38.4 Å². The van der Waals surface area contributed by atoms with Crippen LogP contribution in [0.2, 0.25) is 0 Å². The Morgan fingerprint density at radius 3 is 2.00 bits per heavy atom. The van der Waals surface area contributed by atoms with Crippen molar-refractivity contribution in [3.05, 3.63) is 32.2 Å². The molecule has 0 radical (unpaired) electrons. The number of nitrogens with one attached hydrogen (secondary N) is 4. The standard InChI is InChI=1S/C41H60N8O10S2/c1-3-4-5-6-7-8-9-10-11-12-13-14-32(53)46-27(20-31(42)52)38(57)45-25(2)15-16-26(50)19-34(55)49-41(17-18-41)30(51)21-33(54)44-22-35-47-28(23-60-35)37(56)36(43)39-48-29(24-61-39)40(58)59/h23-25,27,36H,3-22,43H2,1-2H3,(H2,42,52)(H,44,54)(H,45,57)(H,46,53)(H,49,55)(H,58,59)/t25-,27+,36?/m0/s1. The molecule has 1 aliphatic rings. The molecule has 3 atom stereocenters. The van der Waals surface area contributed by atoms with Crippen molar-refractivity contribution in [3.8, 4) is 0 Å². The number of primary amides is 1. The van der Waals surface area contributed by atoms with Crippen LogP contribution in [0.25, 0.3) is 0 Å². The molecule has 0 bridgehead atoms. The lowest BCUT2D eigenvalue weighted by Gasteiger charge is -2.20. The van der Waals surface area contributed by atoms with Gasteiger partial charge in [0.2, 0.25) is 35.3 Å². The highest BCUT2D eigenvalue weighted by atomic mass is 32.1. The highest BCUT2D eigenvalue weighted by Gasteiger charge is 2.51. The number of thiazole rings is 2. The Morgan fingerprint density at radius 2 is 1.41 bits per heavy atom. The average Bonchev–Trinajstić information content (AvgIpc) is 3.56. The van der Waals surface area contributed by atoms with Gasteiger partial charge in [0.05, 0.1) is 31.3 Å². The van der Waals surface area contributed by atoms with E-state index in [0.717, 1.165) is 41.9 Å². The van der Waals surface area contributed by atoms with Crippen molar-refractivity contribution in [2.75, 3.05) is 0 Å². The SMILES string of the molecule is CCCCCCCCCCCCCC(=O)N[C@H](CC(N)=O)C(=O)N[C@@H](C)CCC(=O)CC(=O)NC1(C(=O)CC(=O)NCc2nc(C(=O)C(N)c3nc(C(=O)O)cs3)cs2)CC1. The van der Waals surface area contributed by atoms with E-state index in [0.29, 0.717) is 24.3 Å². The van der Waals surface area contributed by atoms with Gasteiger partial charge in [-0.05, 0) is 32.6 Å². The summed E-state index contributed by atoms with van der Waals surface area (Å²) in [4.78, 5) is 120. The number of Topliss-reactive ketones (excluding diaryl/α,β-unsaturated/α-hetero) is 3. The van der Waals surface area contributed by atoms with Gasteiger partial charge in [-0.2, -0.15) is 0 Å². The topological polar surface area (TPSA) is 300 Å². The molecule has 20 heteroatoms. The van der Waals surface area contributed by atoms with Crippen LogP contribution in [-0.2, 0) is 40.1 Å². The summed E-state index contributed by atoms with van der Waals surface area (Å²) in [7, 11) is 0. The van der Waals surface area contributed by atoms with E-state index >= 15 is 0 Å². The number of ketones is 3. The van der Waals surface area contributed by atoms with E-state index in [1.54, 1.807) is 6.92 Å². The normalized spacial score (nSPS) is 14.2. The van der Waals surface area contributed by atoms with Crippen LogP contribution in [0.1, 0.15) is 173 Å². The molecular weight excluding hydrogens is 829 g/mol. The molecule has 0 aromatic carbocycles. The lowest BCUT2D eigenvalue weighted by Crippen LogP contribution is -2.50. The quantitative estimate of drug-likeness (QED) is 0.0314. The molecule has 336 valence electrons. The first kappa shape index (κ1) is 50.4. The number of nitrogens with two attached hydrogens (primary N) is 2. The van der Waals surface area contributed by atoms with E-state index in [2.05, 4.69) is 38.2 Å². The number of unbranched alkanes of at least 4 members (excludes halogenated alkanes) is 10. The number of hydrogen-bond donors (Lipinski definition) is 7. The summed E-state index contributed by atoms with van der Waals surface area (Å²) in [6.07, 6.45) is 12.0. The number of aromatic nitrogens is 2. The fourth-order valence-electron chi connectivity index (χ4n) is 6.45. The fraction of sp³-hybridized carbons (Fsp3) is 0.634. The van der Waals surface area contributed by atoms with Crippen molar-refractivity contribution in [2.45, 2.75) is 166 Å².